The standard InChI is InChI=1S/C19H24N6/c1-14-9-10-18(23-22-14)25-11-5-6-15(13-25)20-12-19-21-16-7-3-4-8-17(16)24(19)2/h3-4,7-10,15,20H,5-6,11-13H2,1-2H3/t15-/m0/s1. The molecule has 0 saturated carbocycles. The predicted molar refractivity (Wildman–Crippen MR) is 99.6 cm³/mol. The number of fused-ring (bicyclic) bond motifs is 1. The molecule has 0 bridgehead atoms. The van der Waals surface area contributed by atoms with E-state index in [1.165, 1.54) is 11.9 Å². The maximum atomic E-state index is 4.75. The zero-order valence-electron chi connectivity index (χ0n) is 14.8. The normalized spacial score (nSPS) is 18.0. The van der Waals surface area contributed by atoms with E-state index in [0.29, 0.717) is 6.04 Å². The Kier molecular flexibility index (Phi) is 4.36. The SMILES string of the molecule is Cc1ccc(N2CCC[C@H](NCc3nc4ccccc4n3C)C2)nn1. The summed E-state index contributed by atoms with van der Waals surface area (Å²) in [5, 5.41) is 12.2. The van der Waals surface area contributed by atoms with Crippen LogP contribution in [0.25, 0.3) is 11.0 Å². The van der Waals surface area contributed by atoms with Crippen LogP contribution in [0.5, 0.6) is 0 Å². The van der Waals surface area contributed by atoms with Gasteiger partial charge in [-0.05, 0) is 44.0 Å². The molecule has 0 spiro atoms. The Morgan fingerprint density at radius 2 is 2.04 bits per heavy atom. The molecule has 1 aromatic carbocycles. The van der Waals surface area contributed by atoms with Crippen LogP contribution in [0.2, 0.25) is 0 Å². The summed E-state index contributed by atoms with van der Waals surface area (Å²) in [6, 6.07) is 12.8. The molecule has 0 aliphatic carbocycles. The lowest BCUT2D eigenvalue weighted by atomic mass is 10.1. The van der Waals surface area contributed by atoms with E-state index in [0.717, 1.165) is 48.9 Å². The van der Waals surface area contributed by atoms with Crippen LogP contribution in [0.3, 0.4) is 0 Å². The Bertz CT molecular complexity index is 854. The molecule has 0 radical (unpaired) electrons. The molecule has 0 amide bonds. The van der Waals surface area contributed by atoms with Gasteiger partial charge in [0.25, 0.3) is 0 Å². The van der Waals surface area contributed by atoms with Gasteiger partial charge in [0.15, 0.2) is 5.82 Å². The second-order valence-corrected chi connectivity index (χ2v) is 6.77. The minimum Gasteiger partial charge on any atom is -0.354 e. The van der Waals surface area contributed by atoms with E-state index < -0.39 is 0 Å². The summed E-state index contributed by atoms with van der Waals surface area (Å²) < 4.78 is 2.17. The van der Waals surface area contributed by atoms with Gasteiger partial charge in [0.2, 0.25) is 0 Å². The topological polar surface area (TPSA) is 58.9 Å². The van der Waals surface area contributed by atoms with Gasteiger partial charge >= 0.3 is 0 Å². The van der Waals surface area contributed by atoms with Crippen LogP contribution in [0.4, 0.5) is 5.82 Å². The molecule has 6 nitrogen and oxygen atoms in total. The predicted octanol–water partition coefficient (Wildman–Crippen LogP) is 2.43. The molecule has 25 heavy (non-hydrogen) atoms. The second-order valence-electron chi connectivity index (χ2n) is 6.77. The zero-order valence-corrected chi connectivity index (χ0v) is 14.8. The largest absolute Gasteiger partial charge is 0.354 e. The smallest absolute Gasteiger partial charge is 0.151 e. The van der Waals surface area contributed by atoms with Crippen LogP contribution in [0, 0.1) is 6.92 Å². The Labute approximate surface area is 147 Å². The first-order valence-electron chi connectivity index (χ1n) is 8.90. The fourth-order valence-electron chi connectivity index (χ4n) is 3.50. The summed E-state index contributed by atoms with van der Waals surface area (Å²) >= 11 is 0. The van der Waals surface area contributed by atoms with Crippen molar-refractivity contribution < 1.29 is 0 Å². The van der Waals surface area contributed by atoms with Crippen LogP contribution in [0.1, 0.15) is 24.4 Å². The molecule has 4 rings (SSSR count). The number of nitrogens with zero attached hydrogens (tertiary/aromatic N) is 5. The minimum atomic E-state index is 0.441. The molecule has 3 heterocycles. The van der Waals surface area contributed by atoms with E-state index in [9.17, 15) is 0 Å². The Balaban J connectivity index is 1.42. The van der Waals surface area contributed by atoms with Gasteiger partial charge in [-0.3, -0.25) is 0 Å². The number of para-hydroxylation sites is 2. The van der Waals surface area contributed by atoms with Crippen LogP contribution in [0.15, 0.2) is 36.4 Å². The first-order valence-corrected chi connectivity index (χ1v) is 8.90. The molecule has 1 aliphatic heterocycles. The van der Waals surface area contributed by atoms with Gasteiger partial charge in [0, 0.05) is 26.2 Å². The van der Waals surface area contributed by atoms with E-state index in [1.54, 1.807) is 0 Å². The van der Waals surface area contributed by atoms with E-state index in [4.69, 9.17) is 4.98 Å². The fraction of sp³-hybridized carbons (Fsp3) is 0.421. The number of rotatable bonds is 4. The summed E-state index contributed by atoms with van der Waals surface area (Å²) in [4.78, 5) is 7.07. The molecule has 0 unspecified atom stereocenters. The average Bonchev–Trinajstić information content (AvgIpc) is 2.97. The first kappa shape index (κ1) is 16.0. The van der Waals surface area contributed by atoms with Crippen molar-refractivity contribution in [2.24, 2.45) is 7.05 Å². The van der Waals surface area contributed by atoms with Crippen molar-refractivity contribution in [1.82, 2.24) is 25.1 Å². The summed E-state index contributed by atoms with van der Waals surface area (Å²) in [5.74, 6) is 2.05. The number of hydrogen-bond acceptors (Lipinski definition) is 5. The second kappa shape index (κ2) is 6.80. The lowest BCUT2D eigenvalue weighted by Crippen LogP contribution is -2.46. The summed E-state index contributed by atoms with van der Waals surface area (Å²) in [5.41, 5.74) is 3.19. The molecule has 1 atom stereocenters. The van der Waals surface area contributed by atoms with Gasteiger partial charge in [0.05, 0.1) is 23.3 Å². The number of aromatic nitrogens is 4. The summed E-state index contributed by atoms with van der Waals surface area (Å²) in [6.45, 7) is 4.75. The lowest BCUT2D eigenvalue weighted by molar-refractivity contribution is 0.413. The van der Waals surface area contributed by atoms with Crippen LogP contribution in [-0.4, -0.2) is 38.9 Å². The van der Waals surface area contributed by atoms with Gasteiger partial charge in [-0.1, -0.05) is 12.1 Å². The van der Waals surface area contributed by atoms with Crippen molar-refractivity contribution in [3.8, 4) is 0 Å². The molecule has 1 N–H and O–H groups in total. The molecule has 1 aliphatic rings. The van der Waals surface area contributed by atoms with Gasteiger partial charge < -0.3 is 14.8 Å². The highest BCUT2D eigenvalue weighted by Gasteiger charge is 2.21. The number of nitrogens with one attached hydrogen (secondary N) is 1. The molecular formula is C19H24N6. The Morgan fingerprint density at radius 1 is 1.16 bits per heavy atom. The zero-order chi connectivity index (χ0) is 17.2. The van der Waals surface area contributed by atoms with Gasteiger partial charge in [-0.25, -0.2) is 4.98 Å². The summed E-state index contributed by atoms with van der Waals surface area (Å²) in [6.07, 6.45) is 2.34. The van der Waals surface area contributed by atoms with E-state index in [-0.39, 0.29) is 0 Å². The quantitative estimate of drug-likeness (QED) is 0.793. The Morgan fingerprint density at radius 3 is 2.84 bits per heavy atom. The molecule has 1 saturated heterocycles. The first-order chi connectivity index (χ1) is 12.2. The molecular weight excluding hydrogens is 312 g/mol. The van der Waals surface area contributed by atoms with Crippen LogP contribution >= 0.6 is 0 Å². The maximum absolute atomic E-state index is 4.75. The minimum absolute atomic E-state index is 0.441. The molecule has 130 valence electrons. The van der Waals surface area contributed by atoms with Gasteiger partial charge in [0.1, 0.15) is 5.82 Å². The summed E-state index contributed by atoms with van der Waals surface area (Å²) in [7, 11) is 2.08. The van der Waals surface area contributed by atoms with Crippen molar-refractivity contribution in [2.45, 2.75) is 32.4 Å². The highest BCUT2D eigenvalue weighted by atomic mass is 15.3. The highest BCUT2D eigenvalue weighted by Crippen LogP contribution is 2.18. The molecule has 1 fully saturated rings. The number of piperidine rings is 1. The van der Waals surface area contributed by atoms with Crippen molar-refractivity contribution in [2.75, 3.05) is 18.0 Å². The molecule has 6 heteroatoms. The number of benzene rings is 1. The van der Waals surface area contributed by atoms with Crippen molar-refractivity contribution in [1.29, 1.82) is 0 Å². The highest BCUT2D eigenvalue weighted by molar-refractivity contribution is 5.75. The number of aryl methyl sites for hydroxylation is 2. The van der Waals surface area contributed by atoms with Crippen molar-refractivity contribution in [3.63, 3.8) is 0 Å². The third-order valence-corrected chi connectivity index (χ3v) is 4.96. The van der Waals surface area contributed by atoms with E-state index in [1.807, 2.05) is 19.1 Å². The van der Waals surface area contributed by atoms with E-state index in [2.05, 4.69) is 56.3 Å². The van der Waals surface area contributed by atoms with Gasteiger partial charge in [-0.15, -0.1) is 5.10 Å². The number of anilines is 1. The molecule has 2 aromatic heterocycles. The third kappa shape index (κ3) is 3.35. The average molecular weight is 336 g/mol. The van der Waals surface area contributed by atoms with Crippen molar-refractivity contribution >= 4 is 16.9 Å². The number of hydrogen-bond donors (Lipinski definition) is 1. The Hall–Kier alpha value is -2.47. The van der Waals surface area contributed by atoms with Crippen LogP contribution in [-0.2, 0) is 13.6 Å². The lowest BCUT2D eigenvalue weighted by Gasteiger charge is -2.33. The van der Waals surface area contributed by atoms with Crippen molar-refractivity contribution in [3.05, 3.63) is 47.9 Å². The fourth-order valence-corrected chi connectivity index (χ4v) is 3.50. The third-order valence-electron chi connectivity index (χ3n) is 4.96. The number of imidazole rings is 1. The molecule has 3 aromatic rings. The van der Waals surface area contributed by atoms with E-state index >= 15 is 0 Å². The monoisotopic (exact) mass is 336 g/mol. The maximum Gasteiger partial charge on any atom is 0.151 e. The van der Waals surface area contributed by atoms with Gasteiger partial charge in [-0.2, -0.15) is 5.10 Å². The van der Waals surface area contributed by atoms with Crippen LogP contribution < -0.4 is 10.2 Å².